The molecule has 8 heteroatoms. The summed E-state index contributed by atoms with van der Waals surface area (Å²) in [5.74, 6) is 2.26. The lowest BCUT2D eigenvalue weighted by molar-refractivity contribution is 0.0736. The van der Waals surface area contributed by atoms with E-state index in [1.165, 1.54) is 12.8 Å². The van der Waals surface area contributed by atoms with Gasteiger partial charge in [-0.25, -0.2) is 4.98 Å². The predicted octanol–water partition coefficient (Wildman–Crippen LogP) is 3.00. The minimum absolute atomic E-state index is 0.103. The number of piperazine rings is 1. The molecule has 2 aliphatic heterocycles. The van der Waals surface area contributed by atoms with Crippen LogP contribution in [0.1, 0.15) is 29.0 Å². The lowest BCUT2D eigenvalue weighted by Gasteiger charge is -2.34. The number of benzene rings is 1. The zero-order valence-corrected chi connectivity index (χ0v) is 17.7. The van der Waals surface area contributed by atoms with E-state index in [-0.39, 0.29) is 5.91 Å². The molecule has 2 aliphatic rings. The Morgan fingerprint density at radius 1 is 0.903 bits per heavy atom. The van der Waals surface area contributed by atoms with Crippen LogP contribution in [0.2, 0.25) is 0 Å². The zero-order valence-electron chi connectivity index (χ0n) is 17.7. The molecule has 2 aromatic heterocycles. The van der Waals surface area contributed by atoms with Crippen LogP contribution in [-0.4, -0.2) is 65.2 Å². The van der Waals surface area contributed by atoms with Crippen LogP contribution in [-0.2, 0) is 0 Å². The van der Waals surface area contributed by atoms with Gasteiger partial charge in [0, 0.05) is 62.7 Å². The maximum Gasteiger partial charge on any atom is 0.276 e. The van der Waals surface area contributed by atoms with E-state index in [1.807, 2.05) is 42.2 Å². The fourth-order valence-corrected chi connectivity index (χ4v) is 4.17. The molecule has 3 aromatic rings. The van der Waals surface area contributed by atoms with Gasteiger partial charge in [-0.15, -0.1) is 0 Å². The highest BCUT2D eigenvalue weighted by molar-refractivity contribution is 5.93. The summed E-state index contributed by atoms with van der Waals surface area (Å²) in [6.07, 6.45) is 2.43. The molecular weight excluding hydrogens is 392 g/mol. The molecule has 1 aromatic carbocycles. The fraction of sp³-hybridized carbons (Fsp3) is 0.391. The molecule has 1 amide bonds. The summed E-state index contributed by atoms with van der Waals surface area (Å²) >= 11 is 0. The van der Waals surface area contributed by atoms with E-state index in [0.29, 0.717) is 37.6 Å². The van der Waals surface area contributed by atoms with Gasteiger partial charge < -0.3 is 19.2 Å². The molecule has 0 unspecified atom stereocenters. The molecule has 8 nitrogen and oxygen atoms in total. The number of carbonyl (C=O) groups excluding carboxylic acids is 1. The quantitative estimate of drug-likeness (QED) is 0.644. The van der Waals surface area contributed by atoms with Crippen LogP contribution in [0.25, 0.3) is 11.3 Å². The molecule has 5 rings (SSSR count). The van der Waals surface area contributed by atoms with E-state index in [9.17, 15) is 4.79 Å². The monoisotopic (exact) mass is 418 g/mol. The second kappa shape index (κ2) is 8.37. The molecule has 2 saturated heterocycles. The number of carbonyl (C=O) groups is 1. The smallest absolute Gasteiger partial charge is 0.276 e. The molecule has 0 saturated carbocycles. The summed E-state index contributed by atoms with van der Waals surface area (Å²) in [6, 6.07) is 13.5. The van der Waals surface area contributed by atoms with Crippen LogP contribution in [0.3, 0.4) is 0 Å². The average Bonchev–Trinajstić information content (AvgIpc) is 3.52. The van der Waals surface area contributed by atoms with Gasteiger partial charge in [-0.2, -0.15) is 4.98 Å². The maximum absolute atomic E-state index is 12.9. The van der Waals surface area contributed by atoms with Gasteiger partial charge in [0.25, 0.3) is 5.91 Å². The summed E-state index contributed by atoms with van der Waals surface area (Å²) in [5.41, 5.74) is 2.22. The normalized spacial score (nSPS) is 16.7. The topological polar surface area (TPSA) is 78.6 Å². The third-order valence-corrected chi connectivity index (χ3v) is 5.90. The molecule has 0 spiro atoms. The Bertz CT molecular complexity index is 1050. The van der Waals surface area contributed by atoms with Gasteiger partial charge >= 0.3 is 0 Å². The second-order valence-electron chi connectivity index (χ2n) is 8.08. The van der Waals surface area contributed by atoms with Gasteiger partial charge in [0.1, 0.15) is 5.82 Å². The minimum Gasteiger partial charge on any atom is -0.356 e. The first-order valence-electron chi connectivity index (χ1n) is 10.8. The zero-order chi connectivity index (χ0) is 21.2. The average molecular weight is 419 g/mol. The van der Waals surface area contributed by atoms with Crippen LogP contribution in [0, 0.1) is 6.92 Å². The molecule has 4 heterocycles. The van der Waals surface area contributed by atoms with Crippen LogP contribution in [0.15, 0.2) is 47.0 Å². The van der Waals surface area contributed by atoms with Crippen LogP contribution < -0.4 is 9.80 Å². The van der Waals surface area contributed by atoms with Crippen molar-refractivity contribution in [2.24, 2.45) is 0 Å². The van der Waals surface area contributed by atoms with E-state index < -0.39 is 0 Å². The van der Waals surface area contributed by atoms with Crippen molar-refractivity contribution in [3.05, 3.63) is 53.9 Å². The number of aryl methyl sites for hydroxylation is 1. The van der Waals surface area contributed by atoms with E-state index in [0.717, 1.165) is 36.1 Å². The minimum atomic E-state index is -0.103. The fourth-order valence-electron chi connectivity index (χ4n) is 4.17. The van der Waals surface area contributed by atoms with Crippen LogP contribution in [0.4, 0.5) is 11.8 Å². The number of amides is 1. The van der Waals surface area contributed by atoms with E-state index in [4.69, 9.17) is 9.51 Å². The Kier molecular flexibility index (Phi) is 5.28. The van der Waals surface area contributed by atoms with Gasteiger partial charge in [-0.3, -0.25) is 4.79 Å². The van der Waals surface area contributed by atoms with Crippen molar-refractivity contribution in [1.82, 2.24) is 20.0 Å². The molecular formula is C23H26N6O2. The largest absolute Gasteiger partial charge is 0.356 e. The summed E-state index contributed by atoms with van der Waals surface area (Å²) < 4.78 is 5.40. The molecule has 0 aliphatic carbocycles. The maximum atomic E-state index is 12.9. The summed E-state index contributed by atoms with van der Waals surface area (Å²) in [5, 5.41) is 4.00. The molecule has 0 bridgehead atoms. The summed E-state index contributed by atoms with van der Waals surface area (Å²) in [4.78, 5) is 28.7. The predicted molar refractivity (Wildman–Crippen MR) is 118 cm³/mol. The Labute approximate surface area is 181 Å². The molecule has 0 radical (unpaired) electrons. The van der Waals surface area contributed by atoms with E-state index in [2.05, 4.69) is 26.0 Å². The Hall–Kier alpha value is -3.42. The molecule has 31 heavy (non-hydrogen) atoms. The third-order valence-electron chi connectivity index (χ3n) is 5.90. The number of aromatic nitrogens is 3. The van der Waals surface area contributed by atoms with Crippen LogP contribution >= 0.6 is 0 Å². The van der Waals surface area contributed by atoms with Gasteiger partial charge in [-0.05, 0) is 19.8 Å². The first-order valence-corrected chi connectivity index (χ1v) is 10.8. The van der Waals surface area contributed by atoms with Gasteiger partial charge in [0.2, 0.25) is 5.95 Å². The molecule has 2 fully saturated rings. The van der Waals surface area contributed by atoms with Gasteiger partial charge in [0.05, 0.1) is 0 Å². The van der Waals surface area contributed by atoms with Crippen molar-refractivity contribution in [2.75, 3.05) is 49.1 Å². The molecule has 0 N–H and O–H groups in total. The molecule has 0 atom stereocenters. The van der Waals surface area contributed by atoms with Crippen molar-refractivity contribution < 1.29 is 9.32 Å². The lowest BCUT2D eigenvalue weighted by Crippen LogP contribution is -2.49. The summed E-state index contributed by atoms with van der Waals surface area (Å²) in [7, 11) is 0. The third kappa shape index (κ3) is 4.10. The highest BCUT2D eigenvalue weighted by atomic mass is 16.5. The van der Waals surface area contributed by atoms with Crippen molar-refractivity contribution in [2.45, 2.75) is 19.8 Å². The first-order chi connectivity index (χ1) is 15.2. The highest BCUT2D eigenvalue weighted by Gasteiger charge is 2.26. The Morgan fingerprint density at radius 2 is 1.65 bits per heavy atom. The number of rotatable bonds is 4. The highest BCUT2D eigenvalue weighted by Crippen LogP contribution is 2.23. The Morgan fingerprint density at radius 3 is 2.39 bits per heavy atom. The Balaban J connectivity index is 1.25. The SMILES string of the molecule is Cc1cc(N2CCCC2)nc(N2CCN(C(=O)c3cc(-c4ccccc4)on3)CC2)n1. The standard InChI is InChI=1S/C23H26N6O2/c1-17-15-21(27-9-5-6-10-27)25-23(24-17)29-13-11-28(12-14-29)22(30)19-16-20(31-26-19)18-7-3-2-4-8-18/h2-4,7-8,15-16H,5-6,9-14H2,1H3. The van der Waals surface area contributed by atoms with Crippen molar-refractivity contribution in [3.8, 4) is 11.3 Å². The van der Waals surface area contributed by atoms with E-state index >= 15 is 0 Å². The number of hydrogen-bond donors (Lipinski definition) is 0. The second-order valence-corrected chi connectivity index (χ2v) is 8.08. The van der Waals surface area contributed by atoms with Crippen molar-refractivity contribution in [1.29, 1.82) is 0 Å². The van der Waals surface area contributed by atoms with E-state index in [1.54, 1.807) is 6.07 Å². The van der Waals surface area contributed by atoms with Crippen molar-refractivity contribution >= 4 is 17.7 Å². The van der Waals surface area contributed by atoms with Crippen LogP contribution in [0.5, 0.6) is 0 Å². The summed E-state index contributed by atoms with van der Waals surface area (Å²) in [6.45, 7) is 6.71. The molecule has 160 valence electrons. The van der Waals surface area contributed by atoms with Gasteiger partial charge in [-0.1, -0.05) is 35.5 Å². The van der Waals surface area contributed by atoms with Gasteiger partial charge in [0.15, 0.2) is 11.5 Å². The number of anilines is 2. The lowest BCUT2D eigenvalue weighted by atomic mass is 10.1. The number of hydrogen-bond acceptors (Lipinski definition) is 7. The van der Waals surface area contributed by atoms with Crippen molar-refractivity contribution in [3.63, 3.8) is 0 Å². The number of nitrogens with zero attached hydrogens (tertiary/aromatic N) is 6. The first kappa shape index (κ1) is 19.5.